The zero-order chi connectivity index (χ0) is 32.2. The van der Waals surface area contributed by atoms with E-state index in [0.717, 1.165) is 12.1 Å². The average molecular weight is 635 g/mol. The molecule has 2 fully saturated rings. The van der Waals surface area contributed by atoms with Gasteiger partial charge in [0, 0.05) is 48.3 Å². The SMILES string of the molecule is COC1CCC(C(=O)C2C(=O)c3ccc(S(=O)(=O)c4ccc5c(c4)C(=O)C(C(=O)C4CCC(OC)CC4)C5=O)cc3C2=O)CC1. The minimum Gasteiger partial charge on any atom is -0.381 e. The third-order valence-corrected chi connectivity index (χ3v) is 11.9. The van der Waals surface area contributed by atoms with E-state index in [1.54, 1.807) is 14.2 Å². The normalized spacial score (nSPS) is 28.2. The fourth-order valence-corrected chi connectivity index (χ4v) is 8.68. The summed E-state index contributed by atoms with van der Waals surface area (Å²) in [5, 5.41) is 0. The number of carbonyl (C=O) groups excluding carboxylic acids is 6. The standard InChI is InChI=1S/C34H34O10S/c1-43-19-7-3-17(4-8-19)29(35)27-31(37)23-13-11-21(15-25(23)33(27)39)45(41,42)22-12-14-24-26(16-22)34(40)28(32(24)38)30(36)18-5-9-20(44-2)10-6-18/h11-20,27-28H,3-10H2,1-2H3. The lowest BCUT2D eigenvalue weighted by Crippen LogP contribution is -2.34. The molecule has 2 saturated carbocycles. The number of ketones is 6. The van der Waals surface area contributed by atoms with Crippen LogP contribution in [0.5, 0.6) is 0 Å². The Morgan fingerprint density at radius 3 is 1.22 bits per heavy atom. The largest absolute Gasteiger partial charge is 0.381 e. The van der Waals surface area contributed by atoms with Crippen molar-refractivity contribution in [3.8, 4) is 0 Å². The van der Waals surface area contributed by atoms with Crippen LogP contribution in [-0.2, 0) is 28.9 Å². The van der Waals surface area contributed by atoms with Crippen LogP contribution in [0.1, 0.15) is 92.8 Å². The van der Waals surface area contributed by atoms with Crippen LogP contribution in [-0.4, -0.2) is 69.5 Å². The number of benzene rings is 2. The Labute approximate surface area is 260 Å². The molecule has 0 amide bonds. The van der Waals surface area contributed by atoms with Crippen molar-refractivity contribution in [1.29, 1.82) is 0 Å². The zero-order valence-corrected chi connectivity index (χ0v) is 25.9. The van der Waals surface area contributed by atoms with Gasteiger partial charge in [0.15, 0.2) is 34.7 Å². The number of rotatable bonds is 8. The molecule has 2 unspecified atom stereocenters. The Hall–Kier alpha value is -3.67. The molecule has 0 heterocycles. The second-order valence-electron chi connectivity index (χ2n) is 12.5. The maximum absolute atomic E-state index is 13.7. The minimum absolute atomic E-state index is 0.00140. The molecule has 0 N–H and O–H groups in total. The fraction of sp³-hybridized carbons (Fsp3) is 0.471. The van der Waals surface area contributed by atoms with E-state index in [1.165, 1.54) is 24.3 Å². The Morgan fingerprint density at radius 1 is 0.556 bits per heavy atom. The molecular weight excluding hydrogens is 600 g/mol. The maximum atomic E-state index is 13.7. The molecular formula is C34H34O10S. The predicted octanol–water partition coefficient (Wildman–Crippen LogP) is 4.06. The van der Waals surface area contributed by atoms with Gasteiger partial charge in [-0.05, 0) is 87.8 Å². The third kappa shape index (κ3) is 5.24. The number of Topliss-reactive ketones (excluding diaryl/α,β-unsaturated/α-hetero) is 6. The molecule has 45 heavy (non-hydrogen) atoms. The van der Waals surface area contributed by atoms with Gasteiger partial charge in [0.25, 0.3) is 0 Å². The molecule has 6 rings (SSSR count). The molecule has 2 aromatic carbocycles. The molecule has 0 saturated heterocycles. The summed E-state index contributed by atoms with van der Waals surface area (Å²) in [6.07, 6.45) is 4.69. The molecule has 236 valence electrons. The molecule has 4 aliphatic rings. The summed E-state index contributed by atoms with van der Waals surface area (Å²) in [6.45, 7) is 0. The van der Waals surface area contributed by atoms with Crippen molar-refractivity contribution in [2.24, 2.45) is 23.7 Å². The van der Waals surface area contributed by atoms with Crippen molar-refractivity contribution < 1.29 is 46.7 Å². The quantitative estimate of drug-likeness (QED) is 0.388. The van der Waals surface area contributed by atoms with Gasteiger partial charge in [-0.3, -0.25) is 28.8 Å². The smallest absolute Gasteiger partial charge is 0.206 e. The molecule has 2 aromatic rings. The van der Waals surface area contributed by atoms with Gasteiger partial charge >= 0.3 is 0 Å². The molecule has 11 heteroatoms. The second-order valence-corrected chi connectivity index (χ2v) is 14.4. The minimum atomic E-state index is -4.32. The summed E-state index contributed by atoms with van der Waals surface area (Å²) in [7, 11) is -1.12. The van der Waals surface area contributed by atoms with Crippen molar-refractivity contribution in [3.63, 3.8) is 0 Å². The van der Waals surface area contributed by atoms with Crippen molar-refractivity contribution in [2.45, 2.75) is 73.4 Å². The van der Waals surface area contributed by atoms with Crippen LogP contribution in [0.4, 0.5) is 0 Å². The van der Waals surface area contributed by atoms with Gasteiger partial charge in [-0.2, -0.15) is 0 Å². The van der Waals surface area contributed by atoms with Gasteiger partial charge in [0.05, 0.1) is 22.0 Å². The lowest BCUT2D eigenvalue weighted by atomic mass is 9.79. The lowest BCUT2D eigenvalue weighted by Gasteiger charge is -2.27. The number of sulfone groups is 1. The highest BCUT2D eigenvalue weighted by Crippen LogP contribution is 2.38. The molecule has 0 spiro atoms. The lowest BCUT2D eigenvalue weighted by molar-refractivity contribution is -0.126. The van der Waals surface area contributed by atoms with E-state index in [-0.39, 0.29) is 44.3 Å². The van der Waals surface area contributed by atoms with Crippen LogP contribution in [0, 0.1) is 23.7 Å². The fourth-order valence-electron chi connectivity index (χ4n) is 7.37. The predicted molar refractivity (Wildman–Crippen MR) is 158 cm³/mol. The Kier molecular flexibility index (Phi) is 8.30. The molecule has 10 nitrogen and oxygen atoms in total. The first-order chi connectivity index (χ1) is 21.5. The summed E-state index contributed by atoms with van der Waals surface area (Å²) in [5.74, 6) is -7.49. The van der Waals surface area contributed by atoms with E-state index >= 15 is 0 Å². The van der Waals surface area contributed by atoms with E-state index in [0.29, 0.717) is 51.4 Å². The maximum Gasteiger partial charge on any atom is 0.206 e. The van der Waals surface area contributed by atoms with Crippen LogP contribution >= 0.6 is 0 Å². The summed E-state index contributed by atoms with van der Waals surface area (Å²) in [6, 6.07) is 7.07. The Balaban J connectivity index is 1.23. The second kappa shape index (κ2) is 11.9. The van der Waals surface area contributed by atoms with Crippen molar-refractivity contribution >= 4 is 44.5 Å². The van der Waals surface area contributed by atoms with Gasteiger partial charge < -0.3 is 9.47 Å². The van der Waals surface area contributed by atoms with Crippen LogP contribution in [0.25, 0.3) is 0 Å². The van der Waals surface area contributed by atoms with Gasteiger partial charge in [0.2, 0.25) is 9.84 Å². The summed E-state index contributed by atoms with van der Waals surface area (Å²) >= 11 is 0. The molecule has 0 aromatic heterocycles. The van der Waals surface area contributed by atoms with E-state index in [1.807, 2.05) is 0 Å². The topological polar surface area (TPSA) is 155 Å². The van der Waals surface area contributed by atoms with Crippen molar-refractivity contribution in [1.82, 2.24) is 0 Å². The number of fused-ring (bicyclic) bond motifs is 2. The van der Waals surface area contributed by atoms with E-state index in [4.69, 9.17) is 9.47 Å². The van der Waals surface area contributed by atoms with Crippen molar-refractivity contribution in [2.75, 3.05) is 14.2 Å². The molecule has 2 atom stereocenters. The van der Waals surface area contributed by atoms with Gasteiger partial charge in [-0.1, -0.05) is 0 Å². The molecule has 0 aliphatic heterocycles. The molecule has 0 radical (unpaired) electrons. The van der Waals surface area contributed by atoms with E-state index in [2.05, 4.69) is 0 Å². The monoisotopic (exact) mass is 634 g/mol. The highest BCUT2D eigenvalue weighted by atomic mass is 32.2. The number of hydrogen-bond donors (Lipinski definition) is 0. The van der Waals surface area contributed by atoms with Gasteiger partial charge in [0.1, 0.15) is 11.8 Å². The zero-order valence-electron chi connectivity index (χ0n) is 25.1. The number of methoxy groups -OCH3 is 2. The number of ether oxygens (including phenoxy) is 2. The van der Waals surface area contributed by atoms with Crippen molar-refractivity contribution in [3.05, 3.63) is 58.7 Å². The molecule has 4 aliphatic carbocycles. The number of carbonyl (C=O) groups is 6. The number of hydrogen-bond acceptors (Lipinski definition) is 10. The van der Waals surface area contributed by atoms with E-state index in [9.17, 15) is 37.2 Å². The molecule has 0 bridgehead atoms. The Morgan fingerprint density at radius 2 is 0.889 bits per heavy atom. The third-order valence-electron chi connectivity index (χ3n) is 10.1. The van der Waals surface area contributed by atoms with Crippen LogP contribution in [0.15, 0.2) is 46.2 Å². The Bertz CT molecular complexity index is 1620. The highest BCUT2D eigenvalue weighted by molar-refractivity contribution is 7.91. The van der Waals surface area contributed by atoms with Crippen LogP contribution < -0.4 is 0 Å². The first-order valence-electron chi connectivity index (χ1n) is 15.3. The summed E-state index contributed by atoms with van der Waals surface area (Å²) < 4.78 is 38.1. The summed E-state index contributed by atoms with van der Waals surface area (Å²) in [4.78, 5) is 78.9. The van der Waals surface area contributed by atoms with Crippen LogP contribution in [0.2, 0.25) is 0 Å². The highest BCUT2D eigenvalue weighted by Gasteiger charge is 2.48. The summed E-state index contributed by atoms with van der Waals surface area (Å²) in [5.41, 5.74) is -0.269. The first kappa shape index (κ1) is 31.3. The van der Waals surface area contributed by atoms with E-state index < -0.39 is 68.2 Å². The average Bonchev–Trinajstić information content (AvgIpc) is 3.47. The van der Waals surface area contributed by atoms with Gasteiger partial charge in [-0.15, -0.1) is 0 Å². The van der Waals surface area contributed by atoms with Crippen LogP contribution in [0.3, 0.4) is 0 Å². The first-order valence-corrected chi connectivity index (χ1v) is 16.8. The van der Waals surface area contributed by atoms with Gasteiger partial charge in [-0.25, -0.2) is 8.42 Å².